The molecule has 0 atom stereocenters. The van der Waals surface area contributed by atoms with E-state index in [9.17, 15) is 22.8 Å². The number of urea groups is 1. The molecule has 0 spiro atoms. The Balaban J connectivity index is 2.04. The number of rotatable bonds is 5. The molecule has 0 aliphatic rings. The minimum Gasteiger partial charge on any atom is -0.422 e. The lowest BCUT2D eigenvalue weighted by molar-refractivity contribution is 0.172. The third-order valence-corrected chi connectivity index (χ3v) is 6.31. The van der Waals surface area contributed by atoms with Crippen LogP contribution < -0.4 is 20.4 Å². The van der Waals surface area contributed by atoms with E-state index in [2.05, 4.69) is 0 Å². The van der Waals surface area contributed by atoms with E-state index in [1.165, 1.54) is 43.3 Å². The van der Waals surface area contributed by atoms with Gasteiger partial charge in [-0.3, -0.25) is 0 Å². The van der Waals surface area contributed by atoms with Crippen LogP contribution in [0.3, 0.4) is 0 Å². The van der Waals surface area contributed by atoms with Gasteiger partial charge in [-0.05, 0) is 36.2 Å². The van der Waals surface area contributed by atoms with Gasteiger partial charge in [0.25, 0.3) is 0 Å². The summed E-state index contributed by atoms with van der Waals surface area (Å²) >= 11 is 6.28. The fourth-order valence-electron chi connectivity index (χ4n) is 3.34. The van der Waals surface area contributed by atoms with Gasteiger partial charge in [-0.1, -0.05) is 23.7 Å². The molecule has 3 aromatic rings. The van der Waals surface area contributed by atoms with E-state index < -0.39 is 27.8 Å². The Kier molecular flexibility index (Phi) is 6.89. The zero-order valence-electron chi connectivity index (χ0n) is 18.8. The Morgan fingerprint density at radius 2 is 1.85 bits per heavy atom. The summed E-state index contributed by atoms with van der Waals surface area (Å²) in [5.41, 5.74) is 6.28. The molecule has 0 saturated carbocycles. The van der Waals surface area contributed by atoms with Crippen molar-refractivity contribution in [3.63, 3.8) is 0 Å². The predicted octanol–water partition coefficient (Wildman–Crippen LogP) is 3.25. The first-order chi connectivity index (χ1) is 15.8. The molecule has 2 N–H and O–H groups in total. The molecule has 0 saturated heterocycles. The summed E-state index contributed by atoms with van der Waals surface area (Å²) in [4.78, 5) is 37.5. The maximum Gasteiger partial charge on any atom is 0.414 e. The normalized spacial score (nSPS) is 11.3. The Hall–Kier alpha value is -3.57. The highest BCUT2D eigenvalue weighted by Gasteiger charge is 2.23. The van der Waals surface area contributed by atoms with Gasteiger partial charge in [0, 0.05) is 37.5 Å². The van der Waals surface area contributed by atoms with Gasteiger partial charge in [-0.15, -0.1) is 0 Å². The van der Waals surface area contributed by atoms with Crippen LogP contribution in [0.5, 0.6) is 5.75 Å². The number of ether oxygens (including phenoxy) is 1. The highest BCUT2D eigenvalue weighted by molar-refractivity contribution is 7.92. The zero-order chi connectivity index (χ0) is 25.4. The molecule has 34 heavy (non-hydrogen) atoms. The number of benzene rings is 2. The van der Waals surface area contributed by atoms with Crippen molar-refractivity contribution in [1.82, 2.24) is 4.90 Å². The van der Waals surface area contributed by atoms with E-state index in [0.717, 1.165) is 6.26 Å². The molecule has 3 amide bonds. The SMILES string of the molecule is Cc1c(Cc2cccc(N(C(N)=O)S(C)(=O)=O)c2)c(=O)oc2cc(OC(=O)N(C)C)c(Cl)cc12. The molecule has 0 fully saturated rings. The summed E-state index contributed by atoms with van der Waals surface area (Å²) in [7, 11) is -0.919. The molecule has 0 radical (unpaired) electrons. The predicted molar refractivity (Wildman–Crippen MR) is 128 cm³/mol. The van der Waals surface area contributed by atoms with Gasteiger partial charge >= 0.3 is 17.7 Å². The second kappa shape index (κ2) is 9.35. The molecule has 0 unspecified atom stereocenters. The molecule has 1 heterocycles. The highest BCUT2D eigenvalue weighted by atomic mass is 35.5. The second-order valence-electron chi connectivity index (χ2n) is 7.75. The number of primary amides is 1. The summed E-state index contributed by atoms with van der Waals surface area (Å²) in [6.07, 6.45) is 0.305. The van der Waals surface area contributed by atoms with Crippen molar-refractivity contribution in [2.75, 3.05) is 24.7 Å². The van der Waals surface area contributed by atoms with Gasteiger partial charge in [0.1, 0.15) is 5.58 Å². The van der Waals surface area contributed by atoms with Crippen molar-refractivity contribution in [2.45, 2.75) is 13.3 Å². The van der Waals surface area contributed by atoms with Crippen LogP contribution in [-0.4, -0.2) is 45.8 Å². The van der Waals surface area contributed by atoms with Gasteiger partial charge in [0.15, 0.2) is 5.75 Å². The van der Waals surface area contributed by atoms with E-state index in [1.54, 1.807) is 19.1 Å². The third-order valence-electron chi connectivity index (χ3n) is 4.96. The number of aryl methyl sites for hydroxylation is 1. The van der Waals surface area contributed by atoms with Crippen LogP contribution in [0.2, 0.25) is 5.02 Å². The van der Waals surface area contributed by atoms with Crippen molar-refractivity contribution in [2.24, 2.45) is 5.73 Å². The van der Waals surface area contributed by atoms with Gasteiger partial charge in [-0.2, -0.15) is 4.31 Å². The fraction of sp³-hybridized carbons (Fsp3) is 0.227. The number of nitrogens with zero attached hydrogens (tertiary/aromatic N) is 2. The molecule has 0 aliphatic heterocycles. The number of nitrogens with two attached hydrogens (primary N) is 1. The lowest BCUT2D eigenvalue weighted by atomic mass is 9.99. The number of carbonyl (C=O) groups excluding carboxylic acids is 2. The zero-order valence-corrected chi connectivity index (χ0v) is 20.4. The van der Waals surface area contributed by atoms with Crippen LogP contribution in [0.25, 0.3) is 11.0 Å². The first kappa shape index (κ1) is 25.1. The van der Waals surface area contributed by atoms with Crippen LogP contribution in [-0.2, 0) is 16.4 Å². The van der Waals surface area contributed by atoms with E-state index in [0.29, 0.717) is 26.4 Å². The Labute approximate surface area is 200 Å². The van der Waals surface area contributed by atoms with Crippen LogP contribution in [0.4, 0.5) is 15.3 Å². The smallest absolute Gasteiger partial charge is 0.414 e. The molecule has 0 bridgehead atoms. The Morgan fingerprint density at radius 1 is 1.18 bits per heavy atom. The molecule has 10 nitrogen and oxygen atoms in total. The standard InChI is InChI=1S/C22H22ClN3O7S/c1-12-15-10-17(23)19(33-22(29)25(2)3)11-18(15)32-20(27)16(12)9-13-6-5-7-14(8-13)26(21(24)28)34(4,30)31/h5-8,10-11H,9H2,1-4H3,(H2,24,28). The van der Waals surface area contributed by atoms with Crippen LogP contribution in [0.1, 0.15) is 16.7 Å². The molecule has 3 rings (SSSR count). The molecule has 12 heteroatoms. The minimum atomic E-state index is -3.95. The van der Waals surface area contributed by atoms with E-state index in [4.69, 9.17) is 26.5 Å². The van der Waals surface area contributed by atoms with Crippen LogP contribution in [0.15, 0.2) is 45.6 Å². The fourth-order valence-corrected chi connectivity index (χ4v) is 4.36. The number of hydrogen-bond donors (Lipinski definition) is 1. The average Bonchev–Trinajstić information content (AvgIpc) is 2.71. The van der Waals surface area contributed by atoms with Gasteiger partial charge in [-0.25, -0.2) is 22.8 Å². The summed E-state index contributed by atoms with van der Waals surface area (Å²) in [5.74, 6) is 0.0446. The van der Waals surface area contributed by atoms with Gasteiger partial charge < -0.3 is 19.8 Å². The summed E-state index contributed by atoms with van der Waals surface area (Å²) in [6, 6.07) is 7.84. The lowest BCUT2D eigenvalue weighted by Crippen LogP contribution is -2.40. The lowest BCUT2D eigenvalue weighted by Gasteiger charge is -2.18. The first-order valence-electron chi connectivity index (χ1n) is 9.83. The first-order valence-corrected chi connectivity index (χ1v) is 12.1. The topological polar surface area (TPSA) is 140 Å². The number of fused-ring (bicyclic) bond motifs is 1. The summed E-state index contributed by atoms with van der Waals surface area (Å²) in [6.45, 7) is 1.71. The number of amides is 3. The Bertz CT molecular complexity index is 1470. The van der Waals surface area contributed by atoms with Gasteiger partial charge in [0.2, 0.25) is 10.0 Å². The Morgan fingerprint density at radius 3 is 2.44 bits per heavy atom. The average molecular weight is 508 g/mol. The monoisotopic (exact) mass is 507 g/mol. The molecule has 2 aromatic carbocycles. The maximum atomic E-state index is 12.8. The van der Waals surface area contributed by atoms with Crippen LogP contribution in [0, 0.1) is 6.92 Å². The quantitative estimate of drug-likeness (QED) is 0.522. The number of halogens is 1. The molecule has 180 valence electrons. The summed E-state index contributed by atoms with van der Waals surface area (Å²) < 4.78 is 35.1. The second-order valence-corrected chi connectivity index (χ2v) is 9.98. The van der Waals surface area contributed by atoms with E-state index in [-0.39, 0.29) is 28.5 Å². The van der Waals surface area contributed by atoms with Crippen molar-refractivity contribution >= 4 is 50.4 Å². The molecular weight excluding hydrogens is 486 g/mol. The third kappa shape index (κ3) is 5.15. The maximum absolute atomic E-state index is 12.8. The number of sulfonamides is 1. The van der Waals surface area contributed by atoms with Crippen LogP contribution >= 0.6 is 11.6 Å². The van der Waals surface area contributed by atoms with E-state index in [1.807, 2.05) is 0 Å². The number of anilines is 1. The molecule has 0 aliphatic carbocycles. The molecular formula is C22H22ClN3O7S. The highest BCUT2D eigenvalue weighted by Crippen LogP contribution is 2.33. The summed E-state index contributed by atoms with van der Waals surface area (Å²) in [5, 5.41) is 0.688. The molecule has 1 aromatic heterocycles. The van der Waals surface area contributed by atoms with Crippen molar-refractivity contribution in [3.05, 3.63) is 68.5 Å². The van der Waals surface area contributed by atoms with Crippen molar-refractivity contribution in [3.8, 4) is 5.75 Å². The minimum absolute atomic E-state index is 0.0446. The number of hydrogen-bond acceptors (Lipinski definition) is 7. The van der Waals surface area contributed by atoms with Crippen molar-refractivity contribution < 1.29 is 27.2 Å². The van der Waals surface area contributed by atoms with Gasteiger partial charge in [0.05, 0.1) is 17.0 Å². The largest absolute Gasteiger partial charge is 0.422 e. The van der Waals surface area contributed by atoms with E-state index >= 15 is 0 Å². The van der Waals surface area contributed by atoms with Crippen molar-refractivity contribution in [1.29, 1.82) is 0 Å². The number of carbonyl (C=O) groups is 2.